The van der Waals surface area contributed by atoms with Crippen LogP contribution in [0.25, 0.3) is 0 Å². The third kappa shape index (κ3) is 7.84. The molecular formula is C21H23NO6S. The van der Waals surface area contributed by atoms with E-state index >= 15 is 0 Å². The first kappa shape index (κ1) is 22.2. The van der Waals surface area contributed by atoms with Gasteiger partial charge in [-0.15, -0.1) is 0 Å². The van der Waals surface area contributed by atoms with E-state index in [2.05, 4.69) is 0 Å². The van der Waals surface area contributed by atoms with Crippen molar-refractivity contribution in [2.45, 2.75) is 19.8 Å². The van der Waals surface area contributed by atoms with Crippen molar-refractivity contribution in [1.29, 1.82) is 5.26 Å². The number of nitrogens with zero attached hydrogens (tertiary/aromatic N) is 1. The average Bonchev–Trinajstić information content (AvgIpc) is 2.67. The van der Waals surface area contributed by atoms with Crippen LogP contribution < -0.4 is 8.92 Å². The van der Waals surface area contributed by atoms with Gasteiger partial charge in [-0.1, -0.05) is 24.3 Å². The Bertz CT molecular complexity index is 946. The molecule has 0 saturated heterocycles. The first-order valence-electron chi connectivity index (χ1n) is 9.07. The topological polar surface area (TPSA) is 103 Å². The highest BCUT2D eigenvalue weighted by atomic mass is 32.2. The van der Waals surface area contributed by atoms with Crippen LogP contribution in [0.1, 0.15) is 18.1 Å². The summed E-state index contributed by atoms with van der Waals surface area (Å²) in [6.45, 7) is 2.39. The lowest BCUT2D eigenvalue weighted by atomic mass is 10.0. The number of ether oxygens (including phenoxy) is 2. The summed E-state index contributed by atoms with van der Waals surface area (Å²) in [6.07, 6.45) is 1.93. The molecule has 154 valence electrons. The van der Waals surface area contributed by atoms with Gasteiger partial charge in [0.05, 0.1) is 25.5 Å². The summed E-state index contributed by atoms with van der Waals surface area (Å²) in [7, 11) is -3.53. The van der Waals surface area contributed by atoms with Crippen molar-refractivity contribution in [2.75, 3.05) is 19.5 Å². The van der Waals surface area contributed by atoms with Crippen LogP contribution in [0.5, 0.6) is 11.5 Å². The molecule has 0 bridgehead atoms. The van der Waals surface area contributed by atoms with Crippen LogP contribution in [0.2, 0.25) is 0 Å². The molecule has 0 aliphatic rings. The Hall–Kier alpha value is -3.05. The van der Waals surface area contributed by atoms with E-state index in [-0.39, 0.29) is 18.8 Å². The van der Waals surface area contributed by atoms with Gasteiger partial charge >= 0.3 is 16.1 Å². The maximum Gasteiger partial charge on any atom is 0.323 e. The molecule has 7 nitrogen and oxygen atoms in total. The smallest absolute Gasteiger partial charge is 0.323 e. The number of hydrogen-bond donors (Lipinski definition) is 0. The molecule has 0 spiro atoms. The summed E-state index contributed by atoms with van der Waals surface area (Å²) < 4.78 is 37.6. The van der Waals surface area contributed by atoms with Crippen molar-refractivity contribution in [2.24, 2.45) is 5.92 Å². The van der Waals surface area contributed by atoms with Gasteiger partial charge in [0.2, 0.25) is 0 Å². The van der Waals surface area contributed by atoms with Gasteiger partial charge in [-0.05, 0) is 48.7 Å². The Morgan fingerprint density at radius 3 is 2.17 bits per heavy atom. The van der Waals surface area contributed by atoms with Gasteiger partial charge in [0.15, 0.2) is 0 Å². The maximum atomic E-state index is 11.7. The lowest BCUT2D eigenvalue weighted by Crippen LogP contribution is -2.18. The highest BCUT2D eigenvalue weighted by molar-refractivity contribution is 7.86. The molecule has 8 heteroatoms. The van der Waals surface area contributed by atoms with Crippen LogP contribution in [0.3, 0.4) is 0 Å². The molecule has 0 saturated carbocycles. The lowest BCUT2D eigenvalue weighted by molar-refractivity contribution is -0.145. The number of benzene rings is 2. The van der Waals surface area contributed by atoms with E-state index < -0.39 is 22.0 Å². The summed E-state index contributed by atoms with van der Waals surface area (Å²) in [6, 6.07) is 15.9. The Balaban J connectivity index is 1.83. The normalized spacial score (nSPS) is 11.9. The van der Waals surface area contributed by atoms with E-state index in [1.54, 1.807) is 43.3 Å². The van der Waals surface area contributed by atoms with Crippen LogP contribution >= 0.6 is 0 Å². The fraction of sp³-hybridized carbons (Fsp3) is 0.333. The van der Waals surface area contributed by atoms with Gasteiger partial charge in [0, 0.05) is 6.42 Å². The molecule has 1 unspecified atom stereocenters. The van der Waals surface area contributed by atoms with Crippen molar-refractivity contribution < 1.29 is 26.9 Å². The number of nitriles is 1. The summed E-state index contributed by atoms with van der Waals surface area (Å²) in [5.74, 6) is -0.388. The van der Waals surface area contributed by atoms with Gasteiger partial charge in [0.25, 0.3) is 0 Å². The van der Waals surface area contributed by atoms with Gasteiger partial charge < -0.3 is 13.7 Å². The van der Waals surface area contributed by atoms with E-state index in [0.29, 0.717) is 18.8 Å². The second-order valence-corrected chi connectivity index (χ2v) is 7.89. The summed E-state index contributed by atoms with van der Waals surface area (Å²) in [4.78, 5) is 11.7. The minimum Gasteiger partial charge on any atom is -0.493 e. The molecule has 0 heterocycles. The quantitative estimate of drug-likeness (QED) is 0.432. The van der Waals surface area contributed by atoms with Crippen molar-refractivity contribution in [3.63, 3.8) is 0 Å². The molecule has 1 atom stereocenters. The summed E-state index contributed by atoms with van der Waals surface area (Å²) >= 11 is 0. The summed E-state index contributed by atoms with van der Waals surface area (Å²) in [5.41, 5.74) is 1.83. The van der Waals surface area contributed by atoms with Crippen molar-refractivity contribution in [3.05, 3.63) is 59.7 Å². The molecule has 29 heavy (non-hydrogen) atoms. The predicted molar refractivity (Wildman–Crippen MR) is 107 cm³/mol. The molecule has 0 fully saturated rings. The molecule has 0 amide bonds. The Morgan fingerprint density at radius 2 is 1.62 bits per heavy atom. The zero-order valence-electron chi connectivity index (χ0n) is 16.3. The third-order valence-corrected chi connectivity index (χ3v) is 4.42. The molecule has 2 rings (SSSR count). The van der Waals surface area contributed by atoms with E-state index in [0.717, 1.165) is 17.4 Å². The maximum absolute atomic E-state index is 11.7. The molecule has 0 aliphatic heterocycles. The molecule has 0 N–H and O–H groups in total. The fourth-order valence-electron chi connectivity index (χ4n) is 2.56. The van der Waals surface area contributed by atoms with E-state index in [4.69, 9.17) is 18.9 Å². The van der Waals surface area contributed by atoms with E-state index in [1.807, 2.05) is 18.2 Å². The SMILES string of the molecule is CCOC(=O)C(C#N)Cc1ccc(OCCc2ccc(OS(C)(=O)=O)cc2)cc1. The van der Waals surface area contributed by atoms with Crippen LogP contribution in [0.15, 0.2) is 48.5 Å². The van der Waals surface area contributed by atoms with Gasteiger partial charge in [-0.2, -0.15) is 13.7 Å². The fourth-order valence-corrected chi connectivity index (χ4v) is 3.02. The second-order valence-electron chi connectivity index (χ2n) is 6.31. The Morgan fingerprint density at radius 1 is 1.03 bits per heavy atom. The largest absolute Gasteiger partial charge is 0.493 e. The molecule has 0 aromatic heterocycles. The first-order chi connectivity index (χ1) is 13.8. The zero-order chi connectivity index (χ0) is 21.3. The molecular weight excluding hydrogens is 394 g/mol. The van der Waals surface area contributed by atoms with Gasteiger partial charge in [-0.25, -0.2) is 0 Å². The van der Waals surface area contributed by atoms with Gasteiger partial charge in [0.1, 0.15) is 17.4 Å². The Labute approximate surface area is 171 Å². The van der Waals surface area contributed by atoms with Crippen LogP contribution in [-0.2, 0) is 32.5 Å². The molecule has 2 aromatic carbocycles. The van der Waals surface area contributed by atoms with Gasteiger partial charge in [-0.3, -0.25) is 4.79 Å². The number of carbonyl (C=O) groups is 1. The van der Waals surface area contributed by atoms with E-state index in [1.165, 1.54) is 0 Å². The van der Waals surface area contributed by atoms with Crippen molar-refractivity contribution >= 4 is 16.1 Å². The van der Waals surface area contributed by atoms with Crippen molar-refractivity contribution in [1.82, 2.24) is 0 Å². The van der Waals surface area contributed by atoms with E-state index in [9.17, 15) is 13.2 Å². The second kappa shape index (κ2) is 10.5. The number of hydrogen-bond acceptors (Lipinski definition) is 7. The predicted octanol–water partition coefficient (Wildman–Crippen LogP) is 2.89. The minimum atomic E-state index is -3.53. The highest BCUT2D eigenvalue weighted by Gasteiger charge is 2.19. The number of carbonyl (C=O) groups excluding carboxylic acids is 1. The van der Waals surface area contributed by atoms with Crippen molar-refractivity contribution in [3.8, 4) is 17.6 Å². The number of esters is 1. The zero-order valence-corrected chi connectivity index (χ0v) is 17.1. The highest BCUT2D eigenvalue weighted by Crippen LogP contribution is 2.17. The first-order valence-corrected chi connectivity index (χ1v) is 10.9. The molecule has 0 aliphatic carbocycles. The average molecular weight is 417 g/mol. The van der Waals surface area contributed by atoms with Crippen LogP contribution in [0, 0.1) is 17.2 Å². The monoisotopic (exact) mass is 417 g/mol. The summed E-state index contributed by atoms with van der Waals surface area (Å²) in [5, 5.41) is 9.12. The Kier molecular flexibility index (Phi) is 8.04. The van der Waals surface area contributed by atoms with Crippen LogP contribution in [-0.4, -0.2) is 33.9 Å². The molecule has 0 radical (unpaired) electrons. The minimum absolute atomic E-state index is 0.247. The lowest BCUT2D eigenvalue weighted by Gasteiger charge is -2.10. The molecule has 2 aromatic rings. The standard InChI is InChI=1S/C21H23NO6S/c1-3-26-21(23)18(15-22)14-17-6-8-19(9-7-17)27-13-12-16-4-10-20(11-5-16)28-29(2,24)25/h4-11,18H,3,12-14H2,1-2H3. The third-order valence-electron chi connectivity index (χ3n) is 3.92. The number of rotatable bonds is 10. The van der Waals surface area contributed by atoms with Crippen LogP contribution in [0.4, 0.5) is 0 Å².